The first-order chi connectivity index (χ1) is 14.9. The van der Waals surface area contributed by atoms with Gasteiger partial charge in [0, 0.05) is 31.5 Å². The lowest BCUT2D eigenvalue weighted by Gasteiger charge is -2.19. The molecule has 8 nitrogen and oxygen atoms in total. The van der Waals surface area contributed by atoms with E-state index >= 15 is 0 Å². The second-order valence-electron chi connectivity index (χ2n) is 6.97. The first-order valence-corrected chi connectivity index (χ1v) is 9.73. The van der Waals surface area contributed by atoms with Gasteiger partial charge < -0.3 is 15.4 Å². The van der Waals surface area contributed by atoms with Crippen molar-refractivity contribution in [3.8, 4) is 11.8 Å². The maximum absolute atomic E-state index is 14.3. The van der Waals surface area contributed by atoms with Crippen LogP contribution in [0.3, 0.4) is 0 Å². The van der Waals surface area contributed by atoms with Gasteiger partial charge in [-0.15, -0.1) is 0 Å². The van der Waals surface area contributed by atoms with Gasteiger partial charge in [0.05, 0.1) is 21.2 Å². The fraction of sp³-hybridized carbons (Fsp3) is 0.238. The van der Waals surface area contributed by atoms with Crippen molar-refractivity contribution in [2.45, 2.75) is 12.0 Å². The van der Waals surface area contributed by atoms with Crippen LogP contribution in [0, 0.1) is 27.8 Å². The van der Waals surface area contributed by atoms with Gasteiger partial charge in [-0.1, -0.05) is 29.5 Å². The van der Waals surface area contributed by atoms with E-state index in [1.165, 1.54) is 30.6 Å². The Balaban J connectivity index is 1.80. The summed E-state index contributed by atoms with van der Waals surface area (Å²) in [5, 5.41) is 18.0. The van der Waals surface area contributed by atoms with Crippen LogP contribution in [-0.4, -0.2) is 40.7 Å². The Hall–Kier alpha value is -3.32. The first kappa shape index (κ1) is 20.9. The minimum absolute atomic E-state index is 0.0552. The van der Waals surface area contributed by atoms with Gasteiger partial charge in [-0.05, 0) is 24.7 Å². The largest absolute Gasteiger partial charge is 0.364 e. The van der Waals surface area contributed by atoms with Crippen LogP contribution < -0.4 is 10.6 Å². The lowest BCUT2D eigenvalue weighted by atomic mass is 10.0. The molecule has 158 valence electrons. The SMILES string of the molecule is CO[C@@]1(C#Cc2cc3ncnc(Nc4cccc(Cl)c4F)c3cc2[N+](=O)[O-])CCNC1. The summed E-state index contributed by atoms with van der Waals surface area (Å²) in [7, 11) is 1.57. The molecule has 1 atom stereocenters. The number of fused-ring (bicyclic) bond motifs is 1. The first-order valence-electron chi connectivity index (χ1n) is 9.36. The highest BCUT2D eigenvalue weighted by Gasteiger charge is 2.31. The normalized spacial score (nSPS) is 17.9. The molecule has 2 N–H and O–H groups in total. The molecule has 1 fully saturated rings. The van der Waals surface area contributed by atoms with Crippen molar-refractivity contribution in [3.05, 3.63) is 63.2 Å². The molecular formula is C21H17ClFN5O3. The van der Waals surface area contributed by atoms with Gasteiger partial charge in [0.15, 0.2) is 5.82 Å². The topological polar surface area (TPSA) is 102 Å². The zero-order valence-corrected chi connectivity index (χ0v) is 17.2. The number of halogens is 2. The number of rotatable bonds is 4. The highest BCUT2D eigenvalue weighted by molar-refractivity contribution is 6.31. The van der Waals surface area contributed by atoms with Crippen LogP contribution in [0.5, 0.6) is 0 Å². The lowest BCUT2D eigenvalue weighted by Crippen LogP contribution is -2.32. The molecule has 1 saturated heterocycles. The molecule has 0 unspecified atom stereocenters. The summed E-state index contributed by atoms with van der Waals surface area (Å²) in [6.45, 7) is 1.30. The fourth-order valence-electron chi connectivity index (χ4n) is 3.35. The molecule has 3 aromatic rings. The maximum atomic E-state index is 14.3. The summed E-state index contributed by atoms with van der Waals surface area (Å²) in [5.74, 6) is 5.48. The molecule has 2 heterocycles. The molecule has 0 spiro atoms. The van der Waals surface area contributed by atoms with E-state index in [2.05, 4.69) is 32.4 Å². The molecule has 0 bridgehead atoms. The van der Waals surface area contributed by atoms with E-state index in [1.54, 1.807) is 13.2 Å². The van der Waals surface area contributed by atoms with E-state index in [-0.39, 0.29) is 27.8 Å². The Morgan fingerprint density at radius 3 is 2.94 bits per heavy atom. The van der Waals surface area contributed by atoms with E-state index in [1.807, 2.05) is 0 Å². The van der Waals surface area contributed by atoms with Crippen molar-refractivity contribution in [1.29, 1.82) is 0 Å². The Kier molecular flexibility index (Phi) is 5.69. The summed E-state index contributed by atoms with van der Waals surface area (Å²) < 4.78 is 19.8. The van der Waals surface area contributed by atoms with Crippen molar-refractivity contribution >= 4 is 39.7 Å². The van der Waals surface area contributed by atoms with E-state index in [9.17, 15) is 14.5 Å². The van der Waals surface area contributed by atoms with E-state index in [0.717, 1.165) is 6.54 Å². The molecule has 0 saturated carbocycles. The number of hydrogen-bond acceptors (Lipinski definition) is 7. The Morgan fingerprint density at radius 1 is 1.39 bits per heavy atom. The Labute approximate surface area is 181 Å². The van der Waals surface area contributed by atoms with Crippen LogP contribution in [0.2, 0.25) is 5.02 Å². The van der Waals surface area contributed by atoms with Crippen LogP contribution in [0.15, 0.2) is 36.7 Å². The highest BCUT2D eigenvalue weighted by atomic mass is 35.5. The quantitative estimate of drug-likeness (QED) is 0.360. The smallest absolute Gasteiger partial charge is 0.285 e. The zero-order chi connectivity index (χ0) is 22.0. The summed E-state index contributed by atoms with van der Waals surface area (Å²) >= 11 is 5.83. The molecular weight excluding hydrogens is 425 g/mol. The monoisotopic (exact) mass is 441 g/mol. The number of aromatic nitrogens is 2. The summed E-state index contributed by atoms with van der Waals surface area (Å²) in [6.07, 6.45) is 1.97. The zero-order valence-electron chi connectivity index (χ0n) is 16.4. The molecule has 2 aromatic carbocycles. The van der Waals surface area contributed by atoms with Gasteiger partial charge in [-0.3, -0.25) is 10.1 Å². The van der Waals surface area contributed by atoms with Crippen LogP contribution >= 0.6 is 11.6 Å². The van der Waals surface area contributed by atoms with Crippen LogP contribution in [0.1, 0.15) is 12.0 Å². The molecule has 31 heavy (non-hydrogen) atoms. The van der Waals surface area contributed by atoms with E-state index < -0.39 is 16.3 Å². The summed E-state index contributed by atoms with van der Waals surface area (Å²) in [5.41, 5.74) is -0.174. The predicted molar refractivity (Wildman–Crippen MR) is 115 cm³/mol. The third kappa shape index (κ3) is 4.14. The van der Waals surface area contributed by atoms with Gasteiger partial charge in [-0.2, -0.15) is 0 Å². The van der Waals surface area contributed by atoms with E-state index in [4.69, 9.17) is 16.3 Å². The van der Waals surface area contributed by atoms with Gasteiger partial charge in [-0.25, -0.2) is 14.4 Å². The Morgan fingerprint density at radius 2 is 2.23 bits per heavy atom. The average Bonchev–Trinajstić information content (AvgIpc) is 3.24. The molecule has 1 aliphatic rings. The third-order valence-electron chi connectivity index (χ3n) is 5.09. The molecule has 0 aliphatic carbocycles. The van der Waals surface area contributed by atoms with Crippen LogP contribution in [0.25, 0.3) is 10.9 Å². The van der Waals surface area contributed by atoms with Gasteiger partial charge in [0.2, 0.25) is 0 Å². The molecule has 0 amide bonds. The van der Waals surface area contributed by atoms with Crippen LogP contribution in [0.4, 0.5) is 21.6 Å². The van der Waals surface area contributed by atoms with Gasteiger partial charge in [0.25, 0.3) is 5.69 Å². The number of anilines is 2. The standard InChI is InChI=1S/C21H17ClFN5O3/c1-31-21(7-8-24-11-21)6-5-13-9-17-14(10-18(13)28(29)30)20(26-12-25-17)27-16-4-2-3-15(22)19(16)23/h2-4,9-10,12,24H,7-8,11H2,1H3,(H,25,26,27)/t21-/m0/s1. The van der Waals surface area contributed by atoms with Crippen molar-refractivity contribution in [2.75, 3.05) is 25.5 Å². The van der Waals surface area contributed by atoms with E-state index in [0.29, 0.717) is 23.9 Å². The van der Waals surface area contributed by atoms with Crippen molar-refractivity contribution < 1.29 is 14.1 Å². The number of hydrogen-bond donors (Lipinski definition) is 2. The summed E-state index contributed by atoms with van der Waals surface area (Å²) in [4.78, 5) is 19.5. The number of nitrogens with zero attached hydrogens (tertiary/aromatic N) is 3. The minimum atomic E-state index is -0.689. The van der Waals surface area contributed by atoms with Gasteiger partial charge >= 0.3 is 0 Å². The number of nitro benzene ring substituents is 1. The maximum Gasteiger partial charge on any atom is 0.285 e. The lowest BCUT2D eigenvalue weighted by molar-refractivity contribution is -0.385. The second-order valence-corrected chi connectivity index (χ2v) is 7.37. The molecule has 1 aromatic heterocycles. The average molecular weight is 442 g/mol. The summed E-state index contributed by atoms with van der Waals surface area (Å²) in [6, 6.07) is 7.34. The molecule has 10 heteroatoms. The third-order valence-corrected chi connectivity index (χ3v) is 5.38. The fourth-order valence-corrected chi connectivity index (χ4v) is 3.53. The second kappa shape index (κ2) is 8.43. The predicted octanol–water partition coefficient (Wildman–Crippen LogP) is 3.80. The number of methoxy groups -OCH3 is 1. The highest BCUT2D eigenvalue weighted by Crippen LogP contribution is 2.31. The molecule has 4 rings (SSSR count). The van der Waals surface area contributed by atoms with Gasteiger partial charge in [0.1, 0.15) is 23.3 Å². The Bertz CT molecular complexity index is 1230. The molecule has 0 radical (unpaired) electrons. The van der Waals surface area contributed by atoms with Crippen molar-refractivity contribution in [3.63, 3.8) is 0 Å². The number of ether oxygens (including phenoxy) is 1. The van der Waals surface area contributed by atoms with Crippen molar-refractivity contribution in [2.24, 2.45) is 0 Å². The van der Waals surface area contributed by atoms with Crippen LogP contribution in [-0.2, 0) is 4.74 Å². The number of nitro groups is 1. The number of benzene rings is 2. The minimum Gasteiger partial charge on any atom is -0.364 e. The molecule has 1 aliphatic heterocycles. The van der Waals surface area contributed by atoms with Crippen molar-refractivity contribution in [1.82, 2.24) is 15.3 Å². The number of nitrogens with one attached hydrogen (secondary N) is 2.